The highest BCUT2D eigenvalue weighted by Crippen LogP contribution is 2.29. The number of para-hydroxylation sites is 1. The number of rotatable bonds is 2. The first-order valence-corrected chi connectivity index (χ1v) is 9.61. The van der Waals surface area contributed by atoms with Crippen LogP contribution in [0, 0.1) is 5.41 Å². The van der Waals surface area contributed by atoms with Crippen LogP contribution in [0.25, 0.3) is 43.8 Å². The molecule has 0 saturated carbocycles. The van der Waals surface area contributed by atoms with Gasteiger partial charge in [-0.2, -0.15) is 0 Å². The Morgan fingerprint density at radius 2 is 1.71 bits per heavy atom. The van der Waals surface area contributed by atoms with Crippen molar-refractivity contribution >= 4 is 44.9 Å². The summed E-state index contributed by atoms with van der Waals surface area (Å²) in [7, 11) is 0. The van der Waals surface area contributed by atoms with E-state index >= 15 is 0 Å². The minimum atomic E-state index is -0.448. The Hall–Kier alpha value is -3.22. The second-order valence-electron chi connectivity index (χ2n) is 6.19. The molecule has 0 aliphatic rings. The van der Waals surface area contributed by atoms with E-state index in [0.717, 1.165) is 10.8 Å². The van der Waals surface area contributed by atoms with Gasteiger partial charge in [-0.25, -0.2) is 9.78 Å². The molecule has 1 N–H and O–H groups in total. The predicted molar refractivity (Wildman–Crippen MR) is 110 cm³/mol. The Kier molecular flexibility index (Phi) is 3.89. The van der Waals surface area contributed by atoms with E-state index in [9.17, 15) is 4.79 Å². The lowest BCUT2D eigenvalue weighted by molar-refractivity contribution is 0.536. The fourth-order valence-corrected chi connectivity index (χ4v) is 4.04. The smallest absolute Gasteiger partial charge is 0.345 e. The summed E-state index contributed by atoms with van der Waals surface area (Å²) >= 11 is 7.39. The van der Waals surface area contributed by atoms with Crippen LogP contribution in [0.1, 0.15) is 0 Å². The number of nitrogens with zero attached hydrogens (tertiary/aromatic N) is 1. The highest BCUT2D eigenvalue weighted by molar-refractivity contribution is 7.13. The molecule has 5 nitrogen and oxygen atoms in total. The van der Waals surface area contributed by atoms with E-state index < -0.39 is 5.63 Å². The maximum Gasteiger partial charge on any atom is 0.345 e. The van der Waals surface area contributed by atoms with Crippen LogP contribution < -0.4 is 11.2 Å². The van der Waals surface area contributed by atoms with E-state index in [-0.39, 0.29) is 5.55 Å². The van der Waals surface area contributed by atoms with Crippen molar-refractivity contribution in [2.75, 3.05) is 0 Å². The number of aromatic nitrogens is 1. The molecule has 0 bridgehead atoms. The van der Waals surface area contributed by atoms with Gasteiger partial charge in [0.15, 0.2) is 0 Å². The molecule has 5 aromatic rings. The quantitative estimate of drug-likeness (QED) is 0.394. The van der Waals surface area contributed by atoms with Crippen LogP contribution in [0.3, 0.4) is 0 Å². The fourth-order valence-electron chi connectivity index (χ4n) is 3.03. The van der Waals surface area contributed by atoms with E-state index in [1.54, 1.807) is 35.7 Å². The van der Waals surface area contributed by atoms with Gasteiger partial charge in [-0.3, -0.25) is 5.41 Å². The van der Waals surface area contributed by atoms with Crippen molar-refractivity contribution in [2.45, 2.75) is 0 Å². The summed E-state index contributed by atoms with van der Waals surface area (Å²) in [5.74, 6) is 0. The molecule has 0 aliphatic heterocycles. The van der Waals surface area contributed by atoms with E-state index in [1.807, 2.05) is 24.3 Å². The van der Waals surface area contributed by atoms with Crippen molar-refractivity contribution in [3.05, 3.63) is 81.0 Å². The van der Waals surface area contributed by atoms with Gasteiger partial charge in [-0.05, 0) is 36.4 Å². The van der Waals surface area contributed by atoms with Crippen molar-refractivity contribution < 1.29 is 8.83 Å². The minimum absolute atomic E-state index is 0.00117. The normalized spacial score (nSPS) is 11.3. The Labute approximate surface area is 167 Å². The van der Waals surface area contributed by atoms with Crippen molar-refractivity contribution in [1.82, 2.24) is 4.98 Å². The Morgan fingerprint density at radius 3 is 2.61 bits per heavy atom. The fraction of sp³-hybridized carbons (Fsp3) is 0. The van der Waals surface area contributed by atoms with Crippen LogP contribution in [0.5, 0.6) is 0 Å². The topological polar surface area (TPSA) is 80.1 Å². The first-order valence-electron chi connectivity index (χ1n) is 8.36. The summed E-state index contributed by atoms with van der Waals surface area (Å²) in [6, 6.07) is 16.1. The molecular formula is C21H11ClN2O3S. The monoisotopic (exact) mass is 406 g/mol. The van der Waals surface area contributed by atoms with Crippen LogP contribution in [-0.2, 0) is 0 Å². The molecule has 7 heteroatoms. The average molecular weight is 407 g/mol. The van der Waals surface area contributed by atoms with Crippen LogP contribution in [0.15, 0.2) is 73.6 Å². The summed E-state index contributed by atoms with van der Waals surface area (Å²) in [6.45, 7) is 0. The molecule has 3 aromatic heterocycles. The summed E-state index contributed by atoms with van der Waals surface area (Å²) in [6.07, 6.45) is 0. The van der Waals surface area contributed by atoms with Gasteiger partial charge in [-0.15, -0.1) is 11.3 Å². The first-order chi connectivity index (χ1) is 13.6. The number of thiazole rings is 1. The van der Waals surface area contributed by atoms with Gasteiger partial charge in [0, 0.05) is 21.2 Å². The number of halogens is 1. The van der Waals surface area contributed by atoms with Crippen LogP contribution in [-0.4, -0.2) is 4.98 Å². The average Bonchev–Trinajstić information content (AvgIpc) is 3.17. The molecule has 0 amide bonds. The van der Waals surface area contributed by atoms with Gasteiger partial charge in [0.05, 0.1) is 16.8 Å². The molecule has 0 aliphatic carbocycles. The number of hydrogen-bond donors (Lipinski definition) is 1. The van der Waals surface area contributed by atoms with Gasteiger partial charge in [-0.1, -0.05) is 29.8 Å². The zero-order chi connectivity index (χ0) is 19.3. The maximum absolute atomic E-state index is 12.4. The molecule has 3 heterocycles. The third-order valence-electron chi connectivity index (χ3n) is 4.38. The molecule has 0 unspecified atom stereocenters. The molecular weight excluding hydrogens is 396 g/mol. The van der Waals surface area contributed by atoms with Gasteiger partial charge >= 0.3 is 5.63 Å². The number of fused-ring (bicyclic) bond motifs is 2. The third-order valence-corrected chi connectivity index (χ3v) is 5.49. The largest absolute Gasteiger partial charge is 0.438 e. The third kappa shape index (κ3) is 2.83. The van der Waals surface area contributed by atoms with Gasteiger partial charge < -0.3 is 8.83 Å². The molecule has 2 aromatic carbocycles. The Morgan fingerprint density at radius 1 is 0.929 bits per heavy atom. The summed E-state index contributed by atoms with van der Waals surface area (Å²) < 4.78 is 11.0. The summed E-state index contributed by atoms with van der Waals surface area (Å²) in [5.41, 5.74) is 2.09. The van der Waals surface area contributed by atoms with Crippen LogP contribution in [0.2, 0.25) is 5.02 Å². The number of benzene rings is 2. The van der Waals surface area contributed by atoms with Crippen LogP contribution in [0.4, 0.5) is 0 Å². The molecule has 0 saturated heterocycles. The molecule has 5 rings (SSSR count). The molecule has 0 atom stereocenters. The molecule has 0 fully saturated rings. The first kappa shape index (κ1) is 16.9. The summed E-state index contributed by atoms with van der Waals surface area (Å²) in [4.78, 5) is 16.9. The van der Waals surface area contributed by atoms with Gasteiger partial charge in [0.25, 0.3) is 0 Å². The Bertz CT molecular complexity index is 1480. The zero-order valence-electron chi connectivity index (χ0n) is 14.2. The summed E-state index contributed by atoms with van der Waals surface area (Å²) in [5, 5.41) is 12.7. The van der Waals surface area contributed by atoms with Crippen molar-refractivity contribution in [3.63, 3.8) is 0 Å². The molecule has 0 spiro atoms. The van der Waals surface area contributed by atoms with Crippen molar-refractivity contribution in [3.8, 4) is 21.8 Å². The van der Waals surface area contributed by atoms with Gasteiger partial charge in [0.2, 0.25) is 5.55 Å². The van der Waals surface area contributed by atoms with E-state index in [0.29, 0.717) is 38.0 Å². The maximum atomic E-state index is 12.4. The van der Waals surface area contributed by atoms with Crippen molar-refractivity contribution in [2.24, 2.45) is 0 Å². The molecule has 0 radical (unpaired) electrons. The van der Waals surface area contributed by atoms with E-state index in [4.69, 9.17) is 25.8 Å². The van der Waals surface area contributed by atoms with E-state index in [2.05, 4.69) is 4.98 Å². The lowest BCUT2D eigenvalue weighted by Crippen LogP contribution is -2.04. The van der Waals surface area contributed by atoms with E-state index in [1.165, 1.54) is 11.3 Å². The molecule has 136 valence electrons. The SMILES string of the molecule is N=c1oc2ccc(Cl)cc2cc1-c1nc(-c2cc3ccccc3oc2=O)cs1. The Balaban J connectivity index is 1.65. The number of nitrogens with one attached hydrogen (secondary N) is 1. The minimum Gasteiger partial charge on any atom is -0.438 e. The zero-order valence-corrected chi connectivity index (χ0v) is 15.8. The van der Waals surface area contributed by atoms with Crippen molar-refractivity contribution in [1.29, 1.82) is 5.41 Å². The van der Waals surface area contributed by atoms with Crippen LogP contribution >= 0.6 is 22.9 Å². The highest BCUT2D eigenvalue weighted by atomic mass is 35.5. The second-order valence-corrected chi connectivity index (χ2v) is 7.49. The lowest BCUT2D eigenvalue weighted by Gasteiger charge is -2.02. The lowest BCUT2D eigenvalue weighted by atomic mass is 10.1. The predicted octanol–water partition coefficient (Wildman–Crippen LogP) is 5.46. The molecule has 28 heavy (non-hydrogen) atoms. The number of hydrogen-bond acceptors (Lipinski definition) is 6. The standard InChI is InChI=1S/C21H11ClN2O3S/c22-13-5-6-18-12(7-13)9-15(19(23)26-18)20-24-16(10-28-20)14-8-11-3-1-2-4-17(11)27-21(14)25/h1-10,23H. The highest BCUT2D eigenvalue weighted by Gasteiger charge is 2.14. The second kappa shape index (κ2) is 6.44. The van der Waals surface area contributed by atoms with Gasteiger partial charge in [0.1, 0.15) is 16.2 Å².